The molecule has 0 bridgehead atoms. The number of amides is 1. The second-order valence-electron chi connectivity index (χ2n) is 7.96. The minimum atomic E-state index is 0.0380. The Morgan fingerprint density at radius 1 is 1.24 bits per heavy atom. The fourth-order valence-electron chi connectivity index (χ4n) is 4.77. The molecular formula is C19H29N3O3. The average Bonchev–Trinajstić information content (AvgIpc) is 3.25. The quantitative estimate of drug-likeness (QED) is 0.830. The third-order valence-electron chi connectivity index (χ3n) is 6.29. The zero-order valence-electron chi connectivity index (χ0n) is 15.2. The van der Waals surface area contributed by atoms with Crippen LogP contribution in [0.4, 0.5) is 0 Å². The van der Waals surface area contributed by atoms with Crippen molar-refractivity contribution in [3.63, 3.8) is 0 Å². The second-order valence-corrected chi connectivity index (χ2v) is 7.96. The summed E-state index contributed by atoms with van der Waals surface area (Å²) < 4.78 is 10.7. The summed E-state index contributed by atoms with van der Waals surface area (Å²) >= 11 is 0. The van der Waals surface area contributed by atoms with Gasteiger partial charge in [0.15, 0.2) is 5.76 Å². The predicted octanol–water partition coefficient (Wildman–Crippen LogP) is 1.54. The molecule has 1 aromatic heterocycles. The van der Waals surface area contributed by atoms with Crippen LogP contribution in [0.2, 0.25) is 0 Å². The molecule has 6 heteroatoms. The van der Waals surface area contributed by atoms with Crippen molar-refractivity contribution in [2.24, 2.45) is 5.41 Å². The molecule has 3 saturated heterocycles. The molecule has 1 atom stereocenters. The lowest BCUT2D eigenvalue weighted by molar-refractivity contribution is 0.0283. The standard InChI is InChI=1S/C19H29N3O3/c1-20-15-19(13-16(20)14-21-8-11-24-12-9-21)4-6-22(7-5-19)18(23)17-3-2-10-25-17/h2-3,10,16H,4-9,11-15H2,1H3. The van der Waals surface area contributed by atoms with Gasteiger partial charge in [0.1, 0.15) is 0 Å². The molecule has 6 nitrogen and oxygen atoms in total. The SMILES string of the molecule is CN1CC2(CCN(C(=O)c3ccco3)CC2)CC1CN1CCOCC1. The number of nitrogens with zero attached hydrogens (tertiary/aromatic N) is 3. The lowest BCUT2D eigenvalue weighted by atomic mass is 9.76. The van der Waals surface area contributed by atoms with E-state index in [9.17, 15) is 4.79 Å². The summed E-state index contributed by atoms with van der Waals surface area (Å²) in [4.78, 5) is 19.5. The van der Waals surface area contributed by atoms with Gasteiger partial charge in [0.25, 0.3) is 5.91 Å². The lowest BCUT2D eigenvalue weighted by Gasteiger charge is -2.39. The molecule has 1 aromatic rings. The molecule has 0 saturated carbocycles. The monoisotopic (exact) mass is 347 g/mol. The van der Waals surface area contributed by atoms with Crippen LogP contribution in [-0.2, 0) is 4.74 Å². The van der Waals surface area contributed by atoms with Crippen molar-refractivity contribution in [3.8, 4) is 0 Å². The topological polar surface area (TPSA) is 49.2 Å². The van der Waals surface area contributed by atoms with Gasteiger partial charge in [-0.2, -0.15) is 0 Å². The first-order valence-corrected chi connectivity index (χ1v) is 9.48. The van der Waals surface area contributed by atoms with Crippen LogP contribution < -0.4 is 0 Å². The Balaban J connectivity index is 1.32. The Hall–Kier alpha value is -1.37. The highest BCUT2D eigenvalue weighted by molar-refractivity contribution is 5.91. The number of ether oxygens (including phenoxy) is 1. The molecular weight excluding hydrogens is 318 g/mol. The van der Waals surface area contributed by atoms with E-state index in [0.717, 1.165) is 65.3 Å². The summed E-state index contributed by atoms with van der Waals surface area (Å²) in [5.41, 5.74) is 0.381. The summed E-state index contributed by atoms with van der Waals surface area (Å²) in [6.45, 7) is 7.85. The Labute approximate surface area is 149 Å². The number of furan rings is 1. The van der Waals surface area contributed by atoms with Crippen molar-refractivity contribution in [3.05, 3.63) is 24.2 Å². The Morgan fingerprint density at radius 3 is 2.68 bits per heavy atom. The predicted molar refractivity (Wildman–Crippen MR) is 94.6 cm³/mol. The molecule has 3 fully saturated rings. The second kappa shape index (κ2) is 7.09. The summed E-state index contributed by atoms with van der Waals surface area (Å²) in [5.74, 6) is 0.501. The van der Waals surface area contributed by atoms with E-state index in [1.807, 2.05) is 4.90 Å². The molecule has 1 amide bonds. The van der Waals surface area contributed by atoms with Gasteiger partial charge >= 0.3 is 0 Å². The Bertz CT molecular complexity index is 575. The third-order valence-corrected chi connectivity index (χ3v) is 6.29. The zero-order chi connectivity index (χ0) is 17.3. The van der Waals surface area contributed by atoms with Crippen LogP contribution in [0, 0.1) is 5.41 Å². The van der Waals surface area contributed by atoms with E-state index in [0.29, 0.717) is 17.2 Å². The largest absolute Gasteiger partial charge is 0.459 e. The van der Waals surface area contributed by atoms with Crippen molar-refractivity contribution in [2.75, 3.05) is 59.5 Å². The number of rotatable bonds is 3. The molecule has 0 radical (unpaired) electrons. The van der Waals surface area contributed by atoms with Gasteiger partial charge in [-0.3, -0.25) is 9.69 Å². The Morgan fingerprint density at radius 2 is 2.00 bits per heavy atom. The molecule has 3 aliphatic heterocycles. The molecule has 138 valence electrons. The van der Waals surface area contributed by atoms with Crippen molar-refractivity contribution in [2.45, 2.75) is 25.3 Å². The summed E-state index contributed by atoms with van der Waals surface area (Å²) in [6, 6.07) is 4.17. The van der Waals surface area contributed by atoms with E-state index in [-0.39, 0.29) is 5.91 Å². The van der Waals surface area contributed by atoms with E-state index >= 15 is 0 Å². The highest BCUT2D eigenvalue weighted by Gasteiger charge is 2.45. The maximum atomic E-state index is 12.5. The molecule has 0 N–H and O–H groups in total. The van der Waals surface area contributed by atoms with Gasteiger partial charge in [-0.05, 0) is 43.9 Å². The van der Waals surface area contributed by atoms with Crippen LogP contribution in [0.5, 0.6) is 0 Å². The van der Waals surface area contributed by atoms with E-state index in [1.54, 1.807) is 18.4 Å². The van der Waals surface area contributed by atoms with Crippen molar-refractivity contribution in [1.82, 2.24) is 14.7 Å². The normalized spacial score (nSPS) is 27.9. The molecule has 3 aliphatic rings. The molecule has 4 heterocycles. The molecule has 0 aliphatic carbocycles. The minimum absolute atomic E-state index is 0.0380. The van der Waals surface area contributed by atoms with Crippen LogP contribution in [0.15, 0.2) is 22.8 Å². The first kappa shape index (κ1) is 17.1. The van der Waals surface area contributed by atoms with E-state index in [4.69, 9.17) is 9.15 Å². The fraction of sp³-hybridized carbons (Fsp3) is 0.737. The maximum Gasteiger partial charge on any atom is 0.289 e. The zero-order valence-corrected chi connectivity index (χ0v) is 15.2. The first-order chi connectivity index (χ1) is 12.2. The fourth-order valence-corrected chi connectivity index (χ4v) is 4.77. The van der Waals surface area contributed by atoms with Gasteiger partial charge in [-0.25, -0.2) is 0 Å². The highest BCUT2D eigenvalue weighted by atomic mass is 16.5. The molecule has 1 spiro atoms. The summed E-state index contributed by atoms with van der Waals surface area (Å²) in [7, 11) is 2.26. The van der Waals surface area contributed by atoms with Gasteiger partial charge in [0, 0.05) is 45.3 Å². The van der Waals surface area contributed by atoms with Crippen LogP contribution in [-0.4, -0.2) is 86.2 Å². The highest BCUT2D eigenvalue weighted by Crippen LogP contribution is 2.43. The van der Waals surface area contributed by atoms with E-state index in [2.05, 4.69) is 16.8 Å². The number of likely N-dealkylation sites (N-methyl/N-ethyl adjacent to an activating group) is 1. The number of morpholine rings is 1. The maximum absolute atomic E-state index is 12.5. The van der Waals surface area contributed by atoms with E-state index < -0.39 is 0 Å². The van der Waals surface area contributed by atoms with Gasteiger partial charge in [-0.15, -0.1) is 0 Å². The average molecular weight is 347 g/mol. The van der Waals surface area contributed by atoms with Crippen LogP contribution >= 0.6 is 0 Å². The van der Waals surface area contributed by atoms with Crippen LogP contribution in [0.1, 0.15) is 29.8 Å². The lowest BCUT2D eigenvalue weighted by Crippen LogP contribution is -2.44. The molecule has 25 heavy (non-hydrogen) atoms. The smallest absolute Gasteiger partial charge is 0.289 e. The first-order valence-electron chi connectivity index (χ1n) is 9.48. The van der Waals surface area contributed by atoms with E-state index in [1.165, 1.54) is 6.42 Å². The molecule has 4 rings (SSSR count). The number of carbonyl (C=O) groups excluding carboxylic acids is 1. The van der Waals surface area contributed by atoms with Crippen LogP contribution in [0.3, 0.4) is 0 Å². The van der Waals surface area contributed by atoms with Crippen molar-refractivity contribution >= 4 is 5.91 Å². The van der Waals surface area contributed by atoms with Gasteiger partial charge in [0.05, 0.1) is 19.5 Å². The molecule has 0 aromatic carbocycles. The van der Waals surface area contributed by atoms with Crippen LogP contribution in [0.25, 0.3) is 0 Å². The number of hydrogen-bond donors (Lipinski definition) is 0. The number of piperidine rings is 1. The minimum Gasteiger partial charge on any atom is -0.459 e. The number of carbonyl (C=O) groups is 1. The third kappa shape index (κ3) is 3.61. The van der Waals surface area contributed by atoms with Crippen molar-refractivity contribution < 1.29 is 13.9 Å². The molecule has 1 unspecified atom stereocenters. The van der Waals surface area contributed by atoms with Gasteiger partial charge in [-0.1, -0.05) is 0 Å². The number of likely N-dealkylation sites (tertiary alicyclic amines) is 2. The Kier molecular flexibility index (Phi) is 4.84. The number of hydrogen-bond acceptors (Lipinski definition) is 5. The summed E-state index contributed by atoms with van der Waals surface area (Å²) in [6.07, 6.45) is 5.03. The van der Waals surface area contributed by atoms with Gasteiger partial charge < -0.3 is 19.0 Å². The summed E-state index contributed by atoms with van der Waals surface area (Å²) in [5, 5.41) is 0. The van der Waals surface area contributed by atoms with Gasteiger partial charge in [0.2, 0.25) is 0 Å². The van der Waals surface area contributed by atoms with Crippen molar-refractivity contribution in [1.29, 1.82) is 0 Å².